The summed E-state index contributed by atoms with van der Waals surface area (Å²) in [5.41, 5.74) is 6.83. The number of benzene rings is 2. The molecule has 0 aromatic heterocycles. The molecule has 3 rings (SSSR count). The third-order valence-corrected chi connectivity index (χ3v) is 5.33. The highest BCUT2D eigenvalue weighted by atomic mass is 35.5. The van der Waals surface area contributed by atoms with Crippen LogP contribution in [0.1, 0.15) is 50.8 Å². The second-order valence-electron chi connectivity index (χ2n) is 7.57. The number of anilines is 1. The SMILES string of the molecule is CCCN1c2cc(Cl)c(C=Nc3ccccc3C)cc2C(C)=CC1(C)C. The lowest BCUT2D eigenvalue weighted by Gasteiger charge is -2.43. The van der Waals surface area contributed by atoms with E-state index in [0.29, 0.717) is 0 Å². The molecule has 2 aromatic rings. The molecule has 0 bridgehead atoms. The van der Waals surface area contributed by atoms with Crippen molar-refractivity contribution >= 4 is 34.8 Å². The van der Waals surface area contributed by atoms with Gasteiger partial charge in [-0.1, -0.05) is 42.8 Å². The molecule has 0 unspecified atom stereocenters. The molecule has 1 aliphatic rings. The molecule has 0 saturated heterocycles. The minimum atomic E-state index is -0.00677. The number of nitrogens with zero attached hydrogens (tertiary/aromatic N) is 2. The molecule has 0 amide bonds. The standard InChI is InChI=1S/C23H27ClN2/c1-6-11-26-22-13-20(24)18(12-19(22)17(3)14-23(26,4)5)15-25-21-10-8-7-9-16(21)2/h7-10,12-15H,6,11H2,1-5H3. The van der Waals surface area contributed by atoms with Gasteiger partial charge in [-0.2, -0.15) is 0 Å². The summed E-state index contributed by atoms with van der Waals surface area (Å²) in [5.74, 6) is 0. The quantitative estimate of drug-likeness (QED) is 0.542. The maximum absolute atomic E-state index is 6.64. The van der Waals surface area contributed by atoms with Gasteiger partial charge in [-0.25, -0.2) is 0 Å². The van der Waals surface area contributed by atoms with Gasteiger partial charge in [0.15, 0.2) is 0 Å². The van der Waals surface area contributed by atoms with E-state index >= 15 is 0 Å². The van der Waals surface area contributed by atoms with Gasteiger partial charge in [0, 0.05) is 29.6 Å². The van der Waals surface area contributed by atoms with E-state index in [9.17, 15) is 0 Å². The minimum absolute atomic E-state index is 0.00677. The van der Waals surface area contributed by atoms with Gasteiger partial charge in [0.05, 0.1) is 16.2 Å². The predicted molar refractivity (Wildman–Crippen MR) is 115 cm³/mol. The first-order valence-electron chi connectivity index (χ1n) is 9.24. The first-order valence-corrected chi connectivity index (χ1v) is 9.62. The lowest BCUT2D eigenvalue weighted by atomic mass is 9.88. The summed E-state index contributed by atoms with van der Waals surface area (Å²) >= 11 is 6.64. The van der Waals surface area contributed by atoms with Crippen molar-refractivity contribution in [1.29, 1.82) is 0 Å². The molecule has 136 valence electrons. The smallest absolute Gasteiger partial charge is 0.0659 e. The zero-order chi connectivity index (χ0) is 18.9. The largest absolute Gasteiger partial charge is 0.362 e. The lowest BCUT2D eigenvalue weighted by Crippen LogP contribution is -2.45. The topological polar surface area (TPSA) is 15.6 Å². The number of fused-ring (bicyclic) bond motifs is 1. The van der Waals surface area contributed by atoms with Crippen molar-refractivity contribution in [3.63, 3.8) is 0 Å². The van der Waals surface area contributed by atoms with Crippen LogP contribution in [0.4, 0.5) is 11.4 Å². The van der Waals surface area contributed by atoms with Crippen molar-refractivity contribution < 1.29 is 0 Å². The van der Waals surface area contributed by atoms with Crippen molar-refractivity contribution in [2.24, 2.45) is 4.99 Å². The number of allylic oxidation sites excluding steroid dienone is 1. The monoisotopic (exact) mass is 366 g/mol. The second-order valence-corrected chi connectivity index (χ2v) is 7.98. The molecule has 0 fully saturated rings. The van der Waals surface area contributed by atoms with Gasteiger partial charge in [0.25, 0.3) is 0 Å². The van der Waals surface area contributed by atoms with Gasteiger partial charge in [-0.05, 0) is 63.5 Å². The Bertz CT molecular complexity index is 878. The predicted octanol–water partition coefficient (Wildman–Crippen LogP) is 6.81. The highest BCUT2D eigenvalue weighted by Crippen LogP contribution is 2.41. The van der Waals surface area contributed by atoms with E-state index in [1.807, 2.05) is 24.4 Å². The molecule has 0 atom stereocenters. The second kappa shape index (κ2) is 7.28. The fourth-order valence-corrected chi connectivity index (χ4v) is 3.90. The average molecular weight is 367 g/mol. The maximum Gasteiger partial charge on any atom is 0.0659 e. The Hall–Kier alpha value is -2.06. The van der Waals surface area contributed by atoms with Crippen molar-refractivity contribution in [3.05, 3.63) is 64.2 Å². The minimum Gasteiger partial charge on any atom is -0.362 e. The molecule has 0 saturated carbocycles. The van der Waals surface area contributed by atoms with E-state index in [-0.39, 0.29) is 5.54 Å². The first kappa shape index (κ1) is 18.7. The summed E-state index contributed by atoms with van der Waals surface area (Å²) in [6.07, 6.45) is 5.33. The Labute approximate surface area is 162 Å². The van der Waals surface area contributed by atoms with Crippen molar-refractivity contribution in [2.45, 2.75) is 46.6 Å². The van der Waals surface area contributed by atoms with E-state index in [0.717, 1.165) is 34.8 Å². The van der Waals surface area contributed by atoms with Crippen LogP contribution in [-0.2, 0) is 0 Å². The van der Waals surface area contributed by atoms with Crippen molar-refractivity contribution in [3.8, 4) is 0 Å². The molecule has 0 aliphatic carbocycles. The average Bonchev–Trinajstić information content (AvgIpc) is 2.58. The number of rotatable bonds is 4. The fourth-order valence-electron chi connectivity index (χ4n) is 3.69. The van der Waals surface area contributed by atoms with Gasteiger partial charge in [-0.3, -0.25) is 4.99 Å². The maximum atomic E-state index is 6.64. The molecule has 2 nitrogen and oxygen atoms in total. The number of aryl methyl sites for hydroxylation is 1. The van der Waals surface area contributed by atoms with E-state index < -0.39 is 0 Å². The van der Waals surface area contributed by atoms with Crippen LogP contribution in [0.25, 0.3) is 5.57 Å². The molecule has 3 heteroatoms. The summed E-state index contributed by atoms with van der Waals surface area (Å²) in [6.45, 7) is 12.0. The highest BCUT2D eigenvalue weighted by Gasteiger charge is 2.31. The van der Waals surface area contributed by atoms with E-state index in [1.165, 1.54) is 16.8 Å². The van der Waals surface area contributed by atoms with E-state index in [4.69, 9.17) is 11.6 Å². The Balaban J connectivity index is 2.04. The van der Waals surface area contributed by atoms with Gasteiger partial charge in [0.1, 0.15) is 0 Å². The third-order valence-electron chi connectivity index (χ3n) is 5.00. The van der Waals surface area contributed by atoms with Crippen molar-refractivity contribution in [2.75, 3.05) is 11.4 Å². The third kappa shape index (κ3) is 3.57. The first-order chi connectivity index (χ1) is 12.3. The zero-order valence-corrected chi connectivity index (χ0v) is 17.1. The van der Waals surface area contributed by atoms with Crippen molar-refractivity contribution in [1.82, 2.24) is 0 Å². The van der Waals surface area contributed by atoms with Crippen LogP contribution in [0, 0.1) is 6.92 Å². The van der Waals surface area contributed by atoms with Gasteiger partial charge in [0.2, 0.25) is 0 Å². The summed E-state index contributed by atoms with van der Waals surface area (Å²) in [6, 6.07) is 12.4. The zero-order valence-electron chi connectivity index (χ0n) is 16.3. The molecule has 2 aromatic carbocycles. The molecular weight excluding hydrogens is 340 g/mol. The van der Waals surface area contributed by atoms with Crippen LogP contribution in [0.2, 0.25) is 5.02 Å². The summed E-state index contributed by atoms with van der Waals surface area (Å²) in [5, 5.41) is 0.743. The molecular formula is C23H27ClN2. The van der Waals surface area contributed by atoms with Gasteiger partial charge >= 0.3 is 0 Å². The van der Waals surface area contributed by atoms with Gasteiger partial charge < -0.3 is 4.90 Å². The molecule has 0 spiro atoms. The summed E-state index contributed by atoms with van der Waals surface area (Å²) < 4.78 is 0. The Kier molecular flexibility index (Phi) is 5.24. The molecule has 1 heterocycles. The highest BCUT2D eigenvalue weighted by molar-refractivity contribution is 6.33. The normalized spacial score (nSPS) is 15.9. The van der Waals surface area contributed by atoms with Crippen LogP contribution in [-0.4, -0.2) is 18.3 Å². The van der Waals surface area contributed by atoms with Crippen LogP contribution in [0.15, 0.2) is 47.5 Å². The Morgan fingerprint density at radius 1 is 1.15 bits per heavy atom. The lowest BCUT2D eigenvalue weighted by molar-refractivity contribution is 0.550. The van der Waals surface area contributed by atoms with Crippen LogP contribution in [0.3, 0.4) is 0 Å². The molecule has 26 heavy (non-hydrogen) atoms. The van der Waals surface area contributed by atoms with Crippen LogP contribution in [0.5, 0.6) is 0 Å². The van der Waals surface area contributed by atoms with E-state index in [2.05, 4.69) is 68.8 Å². The molecule has 1 aliphatic heterocycles. The van der Waals surface area contributed by atoms with Crippen LogP contribution >= 0.6 is 11.6 Å². The summed E-state index contributed by atoms with van der Waals surface area (Å²) in [4.78, 5) is 7.10. The fraction of sp³-hybridized carbons (Fsp3) is 0.348. The number of hydrogen-bond donors (Lipinski definition) is 0. The molecule has 0 radical (unpaired) electrons. The van der Waals surface area contributed by atoms with Gasteiger partial charge in [-0.15, -0.1) is 0 Å². The molecule has 0 N–H and O–H groups in total. The number of aliphatic imine (C=N–C) groups is 1. The number of hydrogen-bond acceptors (Lipinski definition) is 2. The van der Waals surface area contributed by atoms with Crippen LogP contribution < -0.4 is 4.90 Å². The Morgan fingerprint density at radius 2 is 1.88 bits per heavy atom. The Morgan fingerprint density at radius 3 is 2.58 bits per heavy atom. The number of halogens is 1. The van der Waals surface area contributed by atoms with E-state index in [1.54, 1.807) is 0 Å². The summed E-state index contributed by atoms with van der Waals surface area (Å²) in [7, 11) is 0. The number of para-hydroxylation sites is 1.